The highest BCUT2D eigenvalue weighted by Gasteiger charge is 2.46. The van der Waals surface area contributed by atoms with E-state index in [1.165, 1.54) is 12.1 Å². The van der Waals surface area contributed by atoms with Gasteiger partial charge in [0.15, 0.2) is 0 Å². The number of carbonyl (C=O) groups excluding carboxylic acids is 6. The predicted molar refractivity (Wildman–Crippen MR) is 130 cm³/mol. The first kappa shape index (κ1) is 27.2. The zero-order valence-electron chi connectivity index (χ0n) is 21.1. The van der Waals surface area contributed by atoms with Gasteiger partial charge in [-0.25, -0.2) is 10.9 Å². The number of fused-ring (bicyclic) bond motifs is 1. The van der Waals surface area contributed by atoms with Crippen molar-refractivity contribution in [3.05, 3.63) is 34.9 Å². The number of hydrogen-bond donors (Lipinski definition) is 2. The highest BCUT2D eigenvalue weighted by atomic mass is 16.2. The summed E-state index contributed by atoms with van der Waals surface area (Å²) < 4.78 is 0. The summed E-state index contributed by atoms with van der Waals surface area (Å²) in [5.74, 6) is 2.96. The molecule has 0 aliphatic carbocycles. The second-order valence-corrected chi connectivity index (χ2v) is 10.6. The molecular weight excluding hydrogens is 464 g/mol. The minimum atomic E-state index is -1.12. The molecular formula is C26H34N4O6. The van der Waals surface area contributed by atoms with E-state index in [0.29, 0.717) is 42.7 Å². The molecule has 1 fully saturated rings. The lowest BCUT2D eigenvalue weighted by atomic mass is 9.89. The minimum absolute atomic E-state index is 0.0297. The second kappa shape index (κ2) is 11.1. The number of benzene rings is 1. The Labute approximate surface area is 210 Å². The average molecular weight is 499 g/mol. The van der Waals surface area contributed by atoms with Crippen molar-refractivity contribution in [3.63, 3.8) is 0 Å². The number of amides is 5. The first-order valence-corrected chi connectivity index (χ1v) is 12.3. The van der Waals surface area contributed by atoms with Crippen LogP contribution in [-0.2, 0) is 25.7 Å². The molecule has 10 heteroatoms. The first-order valence-electron chi connectivity index (χ1n) is 12.3. The van der Waals surface area contributed by atoms with E-state index in [9.17, 15) is 28.8 Å². The van der Waals surface area contributed by atoms with Crippen molar-refractivity contribution in [2.75, 3.05) is 0 Å². The summed E-state index contributed by atoms with van der Waals surface area (Å²) in [6, 6.07) is 3.55. The number of carbonyl (C=O) groups is 6. The van der Waals surface area contributed by atoms with Crippen molar-refractivity contribution < 1.29 is 28.8 Å². The molecule has 194 valence electrons. The highest BCUT2D eigenvalue weighted by molar-refractivity contribution is 6.23. The van der Waals surface area contributed by atoms with Crippen LogP contribution in [-0.4, -0.2) is 51.3 Å². The lowest BCUT2D eigenvalue weighted by Gasteiger charge is -2.31. The molecule has 0 saturated carbocycles. The van der Waals surface area contributed by atoms with Crippen molar-refractivity contribution in [2.24, 2.45) is 11.3 Å². The maximum Gasteiger partial charge on any atom is 0.266 e. The Morgan fingerprint density at radius 2 is 1.67 bits per heavy atom. The fraction of sp³-hybridized carbons (Fsp3) is 0.538. The van der Waals surface area contributed by atoms with Gasteiger partial charge in [-0.3, -0.25) is 33.7 Å². The van der Waals surface area contributed by atoms with Gasteiger partial charge in [-0.2, -0.15) is 0 Å². The van der Waals surface area contributed by atoms with E-state index in [1.807, 2.05) is 0 Å². The Hall–Kier alpha value is -3.40. The van der Waals surface area contributed by atoms with Crippen LogP contribution < -0.4 is 11.2 Å². The van der Waals surface area contributed by atoms with Crippen molar-refractivity contribution in [1.29, 1.82) is 0 Å². The fourth-order valence-electron chi connectivity index (χ4n) is 4.26. The van der Waals surface area contributed by atoms with E-state index >= 15 is 0 Å². The van der Waals surface area contributed by atoms with E-state index in [1.54, 1.807) is 6.07 Å². The monoisotopic (exact) mass is 498 g/mol. The van der Waals surface area contributed by atoms with Crippen molar-refractivity contribution in [3.8, 4) is 0 Å². The van der Waals surface area contributed by atoms with Crippen LogP contribution in [0.2, 0.25) is 0 Å². The molecule has 2 aliphatic rings. The highest BCUT2D eigenvalue weighted by Crippen LogP contribution is 2.29. The topological polar surface area (TPSA) is 147 Å². The van der Waals surface area contributed by atoms with E-state index < -0.39 is 29.7 Å². The van der Waals surface area contributed by atoms with E-state index in [0.717, 1.165) is 11.3 Å². The standard InChI is InChI=1S/C26H34N4O6/c1-26(2,3)13-12-17(31)6-4-5-7-21(32)28-15-16-8-9-18-19(14-16)24(35)29(23(18)34)20-10-11-22(33)30(27)25(20)36/h8-9,14,20H,4-7,10-13,15,27H2,1-3H3,(H,28,32). The SMILES string of the molecule is CC(C)(C)CCC(=O)CCCCC(=O)NCc1ccc2c(c1)C(=O)N(C1CCC(=O)N(N)C1=O)C2=O. The molecule has 2 heterocycles. The number of unbranched alkanes of at least 4 members (excludes halogenated alkanes) is 1. The van der Waals surface area contributed by atoms with Crippen LogP contribution in [0.15, 0.2) is 18.2 Å². The Morgan fingerprint density at radius 3 is 2.36 bits per heavy atom. The smallest absolute Gasteiger partial charge is 0.266 e. The van der Waals surface area contributed by atoms with Gasteiger partial charge in [0, 0.05) is 32.2 Å². The molecule has 1 aromatic rings. The average Bonchev–Trinajstić information content (AvgIpc) is 3.07. The molecule has 0 spiro atoms. The van der Waals surface area contributed by atoms with Gasteiger partial charge in [0.2, 0.25) is 11.8 Å². The molecule has 3 rings (SSSR count). The summed E-state index contributed by atoms with van der Waals surface area (Å²) in [6.07, 6.45) is 3.43. The number of nitrogens with one attached hydrogen (secondary N) is 1. The number of imide groups is 2. The summed E-state index contributed by atoms with van der Waals surface area (Å²) in [7, 11) is 0. The van der Waals surface area contributed by atoms with Crippen LogP contribution in [0.1, 0.15) is 98.4 Å². The number of nitrogens with two attached hydrogens (primary N) is 1. The van der Waals surface area contributed by atoms with Gasteiger partial charge < -0.3 is 5.32 Å². The van der Waals surface area contributed by atoms with Crippen LogP contribution in [0, 0.1) is 5.41 Å². The largest absolute Gasteiger partial charge is 0.352 e. The zero-order valence-corrected chi connectivity index (χ0v) is 21.1. The summed E-state index contributed by atoms with van der Waals surface area (Å²) in [5, 5.41) is 3.25. The van der Waals surface area contributed by atoms with Gasteiger partial charge in [0.25, 0.3) is 17.7 Å². The van der Waals surface area contributed by atoms with E-state index in [2.05, 4.69) is 26.1 Å². The van der Waals surface area contributed by atoms with Gasteiger partial charge in [-0.05, 0) is 48.8 Å². The number of hydrazine groups is 1. The number of piperidine rings is 1. The van der Waals surface area contributed by atoms with Gasteiger partial charge in [0.05, 0.1) is 11.1 Å². The Balaban J connectivity index is 1.49. The van der Waals surface area contributed by atoms with Gasteiger partial charge in [-0.1, -0.05) is 26.8 Å². The zero-order chi connectivity index (χ0) is 26.6. The van der Waals surface area contributed by atoms with Crippen LogP contribution in [0.25, 0.3) is 0 Å². The minimum Gasteiger partial charge on any atom is -0.352 e. The predicted octanol–water partition coefficient (Wildman–Crippen LogP) is 2.25. The molecule has 1 atom stereocenters. The van der Waals surface area contributed by atoms with Crippen molar-refractivity contribution in [1.82, 2.24) is 15.2 Å². The molecule has 3 N–H and O–H groups in total. The number of nitrogens with zero attached hydrogens (tertiary/aromatic N) is 2. The maximum absolute atomic E-state index is 13.0. The van der Waals surface area contributed by atoms with Crippen LogP contribution in [0.4, 0.5) is 0 Å². The third-order valence-corrected chi connectivity index (χ3v) is 6.47. The molecule has 5 amide bonds. The van der Waals surface area contributed by atoms with E-state index in [4.69, 9.17) is 5.84 Å². The lowest BCUT2D eigenvalue weighted by Crippen LogP contribution is -2.58. The molecule has 1 aromatic carbocycles. The lowest BCUT2D eigenvalue weighted by molar-refractivity contribution is -0.152. The molecule has 36 heavy (non-hydrogen) atoms. The molecule has 1 saturated heterocycles. The quantitative estimate of drug-likeness (QED) is 0.218. The van der Waals surface area contributed by atoms with Crippen molar-refractivity contribution in [2.45, 2.75) is 84.7 Å². The number of Topliss-reactive ketones (excluding diaryl/α,β-unsaturated/α-hetero) is 1. The van der Waals surface area contributed by atoms with Gasteiger partial charge in [-0.15, -0.1) is 0 Å². The summed E-state index contributed by atoms with van der Waals surface area (Å²) in [6.45, 7) is 6.48. The molecule has 1 unspecified atom stereocenters. The van der Waals surface area contributed by atoms with Crippen LogP contribution in [0.3, 0.4) is 0 Å². The maximum atomic E-state index is 13.0. The fourth-order valence-corrected chi connectivity index (χ4v) is 4.26. The molecule has 0 radical (unpaired) electrons. The third-order valence-electron chi connectivity index (χ3n) is 6.47. The third kappa shape index (κ3) is 6.42. The van der Waals surface area contributed by atoms with E-state index in [-0.39, 0.29) is 47.6 Å². The first-order chi connectivity index (χ1) is 16.9. The summed E-state index contributed by atoms with van der Waals surface area (Å²) in [5.41, 5.74) is 1.07. The van der Waals surface area contributed by atoms with Crippen molar-refractivity contribution >= 4 is 35.3 Å². The normalized spacial score (nSPS) is 18.1. The molecule has 10 nitrogen and oxygen atoms in total. The Morgan fingerprint density at radius 1 is 1.00 bits per heavy atom. The molecule has 0 aromatic heterocycles. The van der Waals surface area contributed by atoms with Crippen LogP contribution >= 0.6 is 0 Å². The van der Waals surface area contributed by atoms with Crippen LogP contribution in [0.5, 0.6) is 0 Å². The Kier molecular flexibility index (Phi) is 8.39. The molecule has 0 bridgehead atoms. The second-order valence-electron chi connectivity index (χ2n) is 10.6. The number of hydrogen-bond acceptors (Lipinski definition) is 7. The Bertz CT molecular complexity index is 1090. The van der Waals surface area contributed by atoms with Gasteiger partial charge >= 0.3 is 0 Å². The number of ketones is 1. The number of rotatable bonds is 10. The molecule has 2 aliphatic heterocycles. The van der Waals surface area contributed by atoms with Gasteiger partial charge in [0.1, 0.15) is 11.8 Å². The summed E-state index contributed by atoms with van der Waals surface area (Å²) in [4.78, 5) is 74.8. The summed E-state index contributed by atoms with van der Waals surface area (Å²) >= 11 is 0.